The number of methoxy groups -OCH3 is 1. The van der Waals surface area contributed by atoms with Crippen LogP contribution in [-0.4, -0.2) is 46.9 Å². The minimum Gasteiger partial charge on any atom is -0.383 e. The molecule has 1 amide bonds. The number of anilines is 1. The summed E-state index contributed by atoms with van der Waals surface area (Å²) < 4.78 is 31.3. The van der Waals surface area contributed by atoms with Gasteiger partial charge in [0.25, 0.3) is 0 Å². The maximum absolute atomic E-state index is 12.5. The van der Waals surface area contributed by atoms with E-state index in [1.54, 1.807) is 7.11 Å². The molecule has 6 nitrogen and oxygen atoms in total. The van der Waals surface area contributed by atoms with Crippen LogP contribution in [0.15, 0.2) is 24.3 Å². The Morgan fingerprint density at radius 1 is 1.36 bits per heavy atom. The van der Waals surface area contributed by atoms with Crippen molar-refractivity contribution in [2.24, 2.45) is 0 Å². The largest absolute Gasteiger partial charge is 0.383 e. The highest BCUT2D eigenvalue weighted by Gasteiger charge is 2.27. The predicted octanol–water partition coefficient (Wildman–Crippen LogP) is 0.922. The van der Waals surface area contributed by atoms with E-state index < -0.39 is 10.0 Å². The van der Waals surface area contributed by atoms with Gasteiger partial charge in [-0.2, -0.15) is 0 Å². The van der Waals surface area contributed by atoms with Gasteiger partial charge in [-0.15, -0.1) is 0 Å². The van der Waals surface area contributed by atoms with E-state index in [1.165, 1.54) is 4.31 Å². The van der Waals surface area contributed by atoms with Gasteiger partial charge in [0, 0.05) is 26.6 Å². The number of carbonyl (C=O) groups is 1. The van der Waals surface area contributed by atoms with Crippen LogP contribution in [0.25, 0.3) is 0 Å². The van der Waals surface area contributed by atoms with Crippen molar-refractivity contribution in [1.29, 1.82) is 0 Å². The Bertz CT molecular complexity index is 616. The van der Waals surface area contributed by atoms with Crippen molar-refractivity contribution in [3.63, 3.8) is 0 Å². The highest BCUT2D eigenvalue weighted by molar-refractivity contribution is 7.92. The van der Waals surface area contributed by atoms with Crippen LogP contribution in [0, 0.1) is 0 Å². The topological polar surface area (TPSA) is 75.7 Å². The quantitative estimate of drug-likeness (QED) is 0.756. The molecule has 0 aliphatic carbocycles. The number of amides is 1. The summed E-state index contributed by atoms with van der Waals surface area (Å²) in [6.07, 6.45) is 1.65. The lowest BCUT2D eigenvalue weighted by molar-refractivity contribution is -0.120. The molecule has 0 unspecified atom stereocenters. The van der Waals surface area contributed by atoms with Crippen LogP contribution in [0.2, 0.25) is 0 Å². The molecule has 22 heavy (non-hydrogen) atoms. The van der Waals surface area contributed by atoms with Crippen LogP contribution in [0.3, 0.4) is 0 Å². The zero-order valence-electron chi connectivity index (χ0n) is 12.7. The molecule has 2 rings (SSSR count). The Labute approximate surface area is 131 Å². The zero-order valence-corrected chi connectivity index (χ0v) is 13.6. The lowest BCUT2D eigenvalue weighted by Crippen LogP contribution is -2.38. The number of sulfonamides is 1. The molecule has 1 aliphatic heterocycles. The SMILES string of the molecule is COCCNC(=O)CCS(=O)(=O)N1CCCc2ccccc21. The second-order valence-electron chi connectivity index (χ2n) is 5.21. The fourth-order valence-corrected chi connectivity index (χ4v) is 4.05. The fourth-order valence-electron chi connectivity index (χ4n) is 2.50. The molecule has 0 atom stereocenters. The van der Waals surface area contributed by atoms with Gasteiger partial charge in [-0.05, 0) is 24.5 Å². The highest BCUT2D eigenvalue weighted by atomic mass is 32.2. The monoisotopic (exact) mass is 326 g/mol. The number of ether oxygens (including phenoxy) is 1. The normalized spacial score (nSPS) is 14.5. The van der Waals surface area contributed by atoms with Crippen molar-refractivity contribution >= 4 is 21.6 Å². The number of rotatable bonds is 7. The zero-order chi connectivity index (χ0) is 16.0. The van der Waals surface area contributed by atoms with Crippen molar-refractivity contribution in [2.75, 3.05) is 36.9 Å². The van der Waals surface area contributed by atoms with Gasteiger partial charge in [-0.25, -0.2) is 8.42 Å². The van der Waals surface area contributed by atoms with Crippen molar-refractivity contribution in [3.8, 4) is 0 Å². The van der Waals surface area contributed by atoms with E-state index in [2.05, 4.69) is 5.32 Å². The second kappa shape index (κ2) is 7.60. The van der Waals surface area contributed by atoms with Crippen LogP contribution in [-0.2, 0) is 26.0 Å². The number of para-hydroxylation sites is 1. The maximum atomic E-state index is 12.5. The molecular formula is C15H22N2O4S. The summed E-state index contributed by atoms with van der Waals surface area (Å²) in [6, 6.07) is 7.53. The standard InChI is InChI=1S/C15H22N2O4S/c1-21-11-9-16-15(18)8-12-22(19,20)17-10-4-6-13-5-2-3-7-14(13)17/h2-3,5,7H,4,6,8-12H2,1H3,(H,16,18). The van der Waals surface area contributed by atoms with Crippen LogP contribution in [0.5, 0.6) is 0 Å². The van der Waals surface area contributed by atoms with Crippen LogP contribution >= 0.6 is 0 Å². The van der Waals surface area contributed by atoms with Crippen LogP contribution in [0.4, 0.5) is 5.69 Å². The van der Waals surface area contributed by atoms with Gasteiger partial charge in [0.05, 0.1) is 18.0 Å². The van der Waals surface area contributed by atoms with E-state index in [-0.39, 0.29) is 18.1 Å². The highest BCUT2D eigenvalue weighted by Crippen LogP contribution is 2.29. The molecule has 0 fully saturated rings. The Kier molecular flexibility index (Phi) is 5.79. The third-order valence-electron chi connectivity index (χ3n) is 3.62. The van der Waals surface area contributed by atoms with E-state index in [0.717, 1.165) is 24.1 Å². The molecule has 1 aromatic carbocycles. The average Bonchev–Trinajstić information content (AvgIpc) is 2.53. The van der Waals surface area contributed by atoms with E-state index in [0.29, 0.717) is 19.7 Å². The van der Waals surface area contributed by atoms with E-state index in [1.807, 2.05) is 24.3 Å². The second-order valence-corrected chi connectivity index (χ2v) is 7.23. The fraction of sp³-hybridized carbons (Fsp3) is 0.533. The van der Waals surface area contributed by atoms with Crippen molar-refractivity contribution in [1.82, 2.24) is 5.32 Å². The third kappa shape index (κ3) is 4.20. The minimum absolute atomic E-state index is 0.0370. The minimum atomic E-state index is -3.48. The van der Waals surface area contributed by atoms with Gasteiger partial charge in [-0.1, -0.05) is 18.2 Å². The summed E-state index contributed by atoms with van der Waals surface area (Å²) in [5, 5.41) is 2.63. The molecule has 122 valence electrons. The first-order chi connectivity index (χ1) is 10.5. The number of aryl methyl sites for hydroxylation is 1. The van der Waals surface area contributed by atoms with Gasteiger partial charge in [0.15, 0.2) is 0 Å². The Morgan fingerprint density at radius 3 is 2.91 bits per heavy atom. The Morgan fingerprint density at radius 2 is 2.14 bits per heavy atom. The third-order valence-corrected chi connectivity index (χ3v) is 5.39. The molecule has 0 saturated carbocycles. The lowest BCUT2D eigenvalue weighted by atomic mass is 10.0. The Balaban J connectivity index is 1.98. The van der Waals surface area contributed by atoms with Crippen molar-refractivity contribution in [2.45, 2.75) is 19.3 Å². The Hall–Kier alpha value is -1.60. The lowest BCUT2D eigenvalue weighted by Gasteiger charge is -2.30. The number of hydrogen-bond donors (Lipinski definition) is 1. The first kappa shape index (κ1) is 16.8. The van der Waals surface area contributed by atoms with E-state index in [4.69, 9.17) is 4.74 Å². The molecule has 0 spiro atoms. The van der Waals surface area contributed by atoms with E-state index >= 15 is 0 Å². The van der Waals surface area contributed by atoms with Gasteiger partial charge in [0.2, 0.25) is 15.9 Å². The molecule has 1 aliphatic rings. The van der Waals surface area contributed by atoms with Crippen molar-refractivity contribution < 1.29 is 17.9 Å². The summed E-state index contributed by atoms with van der Waals surface area (Å²) in [4.78, 5) is 11.6. The molecule has 1 N–H and O–H groups in total. The molecule has 0 bridgehead atoms. The number of carbonyl (C=O) groups excluding carboxylic acids is 1. The first-order valence-electron chi connectivity index (χ1n) is 7.38. The van der Waals surface area contributed by atoms with Crippen LogP contribution < -0.4 is 9.62 Å². The summed E-state index contributed by atoms with van der Waals surface area (Å²) in [5.74, 6) is -0.453. The summed E-state index contributed by atoms with van der Waals surface area (Å²) in [5.41, 5.74) is 1.79. The molecular weight excluding hydrogens is 304 g/mol. The molecule has 7 heteroatoms. The number of benzene rings is 1. The molecule has 1 heterocycles. The number of hydrogen-bond acceptors (Lipinski definition) is 4. The number of nitrogens with zero attached hydrogens (tertiary/aromatic N) is 1. The van der Waals surface area contributed by atoms with E-state index in [9.17, 15) is 13.2 Å². The number of nitrogens with one attached hydrogen (secondary N) is 1. The number of fused-ring (bicyclic) bond motifs is 1. The van der Waals surface area contributed by atoms with Gasteiger partial charge in [-0.3, -0.25) is 9.10 Å². The average molecular weight is 326 g/mol. The molecule has 1 aromatic rings. The van der Waals surface area contributed by atoms with Gasteiger partial charge < -0.3 is 10.1 Å². The smallest absolute Gasteiger partial charge is 0.235 e. The van der Waals surface area contributed by atoms with Gasteiger partial charge >= 0.3 is 0 Å². The van der Waals surface area contributed by atoms with Gasteiger partial charge in [0.1, 0.15) is 0 Å². The molecule has 0 saturated heterocycles. The van der Waals surface area contributed by atoms with Crippen LogP contribution in [0.1, 0.15) is 18.4 Å². The maximum Gasteiger partial charge on any atom is 0.235 e. The summed E-state index contributed by atoms with van der Waals surface area (Å²) >= 11 is 0. The summed E-state index contributed by atoms with van der Waals surface area (Å²) in [7, 11) is -1.94. The first-order valence-corrected chi connectivity index (χ1v) is 8.99. The molecule has 0 aromatic heterocycles. The predicted molar refractivity (Wildman–Crippen MR) is 85.4 cm³/mol. The summed E-state index contributed by atoms with van der Waals surface area (Å²) in [6.45, 7) is 1.28. The molecule has 0 radical (unpaired) electrons. The van der Waals surface area contributed by atoms with Crippen molar-refractivity contribution in [3.05, 3.63) is 29.8 Å².